The summed E-state index contributed by atoms with van der Waals surface area (Å²) in [7, 11) is 1.71. The third-order valence-electron chi connectivity index (χ3n) is 7.40. The molecule has 0 unspecified atom stereocenters. The van der Waals surface area contributed by atoms with E-state index in [1.165, 1.54) is 13.0 Å². The van der Waals surface area contributed by atoms with Gasteiger partial charge in [0, 0.05) is 37.7 Å². The van der Waals surface area contributed by atoms with Crippen molar-refractivity contribution in [2.45, 2.75) is 31.4 Å². The second kappa shape index (κ2) is 13.9. The van der Waals surface area contributed by atoms with Gasteiger partial charge in [0.25, 0.3) is 0 Å². The molecule has 0 heterocycles. The van der Waals surface area contributed by atoms with Crippen molar-refractivity contribution in [1.82, 2.24) is 5.32 Å². The Balaban J connectivity index is 1.54. The molecule has 0 spiro atoms. The van der Waals surface area contributed by atoms with E-state index in [1.54, 1.807) is 18.0 Å². The fourth-order valence-corrected chi connectivity index (χ4v) is 5.36. The molecule has 0 aliphatic carbocycles. The second-order valence-corrected chi connectivity index (χ2v) is 10.6. The van der Waals surface area contributed by atoms with Crippen LogP contribution in [0.3, 0.4) is 0 Å². The summed E-state index contributed by atoms with van der Waals surface area (Å²) in [5, 5.41) is 3.27. The Morgan fingerprint density at radius 1 is 0.881 bits per heavy atom. The molecule has 4 aromatic rings. The van der Waals surface area contributed by atoms with Crippen molar-refractivity contribution in [2.75, 3.05) is 31.6 Å². The van der Waals surface area contributed by atoms with Crippen molar-refractivity contribution >= 4 is 23.2 Å². The second-order valence-electron chi connectivity index (χ2n) is 10.2. The standard InChI is InChI=1S/C34H34ClF3N2O2/c1-25(41)40(2)29-17-10-18-30(22-29)42-21-11-20-39-24-33(27-13-5-3-6-14-27,28-15-7-4-8-16-28)23-26-12-9-19-31(32(26)35)34(36,37)38/h3-10,12-19,22,39H,11,20-21,23-24H2,1-2H3. The minimum Gasteiger partial charge on any atom is -0.493 e. The highest BCUT2D eigenvalue weighted by Gasteiger charge is 2.38. The van der Waals surface area contributed by atoms with Crippen molar-refractivity contribution in [3.8, 4) is 5.75 Å². The zero-order valence-corrected chi connectivity index (χ0v) is 24.4. The summed E-state index contributed by atoms with van der Waals surface area (Å²) in [5.74, 6) is 0.603. The maximum absolute atomic E-state index is 13.7. The highest BCUT2D eigenvalue weighted by Crippen LogP contribution is 2.41. The molecule has 0 aliphatic heterocycles. The SMILES string of the molecule is CC(=O)N(C)c1cccc(OCCCNCC(Cc2cccc(C(F)(F)F)c2Cl)(c2ccccc2)c2ccccc2)c1. The molecule has 0 atom stereocenters. The van der Waals surface area contributed by atoms with E-state index in [9.17, 15) is 18.0 Å². The number of halogens is 4. The highest BCUT2D eigenvalue weighted by molar-refractivity contribution is 6.32. The third kappa shape index (κ3) is 7.52. The van der Waals surface area contributed by atoms with E-state index in [0.717, 1.165) is 22.9 Å². The molecular weight excluding hydrogens is 561 g/mol. The van der Waals surface area contributed by atoms with Crippen molar-refractivity contribution in [2.24, 2.45) is 0 Å². The molecule has 4 aromatic carbocycles. The summed E-state index contributed by atoms with van der Waals surface area (Å²) in [5.41, 5.74) is 1.60. The number of hydrogen-bond acceptors (Lipinski definition) is 3. The van der Waals surface area contributed by atoms with Gasteiger partial charge < -0.3 is 15.0 Å². The van der Waals surface area contributed by atoms with Crippen LogP contribution in [-0.4, -0.2) is 32.7 Å². The number of nitrogens with one attached hydrogen (secondary N) is 1. The zero-order chi connectivity index (χ0) is 30.2. The van der Waals surface area contributed by atoms with Crippen LogP contribution in [0.2, 0.25) is 5.02 Å². The molecule has 4 rings (SSSR count). The third-order valence-corrected chi connectivity index (χ3v) is 7.85. The van der Waals surface area contributed by atoms with Crippen LogP contribution in [0, 0.1) is 0 Å². The van der Waals surface area contributed by atoms with Crippen LogP contribution in [0.15, 0.2) is 103 Å². The van der Waals surface area contributed by atoms with Gasteiger partial charge in [0.1, 0.15) is 5.75 Å². The Kier molecular flexibility index (Phi) is 10.3. The molecule has 8 heteroatoms. The Hall–Kier alpha value is -3.81. The molecule has 1 N–H and O–H groups in total. The molecule has 4 nitrogen and oxygen atoms in total. The lowest BCUT2D eigenvalue weighted by molar-refractivity contribution is -0.137. The summed E-state index contributed by atoms with van der Waals surface area (Å²) in [6.45, 7) is 3.03. The molecule has 220 valence electrons. The molecule has 0 saturated carbocycles. The van der Waals surface area contributed by atoms with Crippen molar-refractivity contribution in [1.29, 1.82) is 0 Å². The van der Waals surface area contributed by atoms with Crippen molar-refractivity contribution in [3.05, 3.63) is 130 Å². The minimum absolute atomic E-state index is 0.0666. The van der Waals surface area contributed by atoms with Crippen LogP contribution in [0.5, 0.6) is 5.75 Å². The van der Waals surface area contributed by atoms with E-state index in [2.05, 4.69) is 5.32 Å². The van der Waals surface area contributed by atoms with Crippen molar-refractivity contribution < 1.29 is 22.7 Å². The fourth-order valence-electron chi connectivity index (χ4n) is 5.06. The topological polar surface area (TPSA) is 41.6 Å². The first kappa shape index (κ1) is 31.1. The van der Waals surface area contributed by atoms with E-state index in [0.29, 0.717) is 37.4 Å². The normalized spacial score (nSPS) is 11.8. The van der Waals surface area contributed by atoms with Gasteiger partial charge in [-0.2, -0.15) is 13.2 Å². The average Bonchev–Trinajstić information content (AvgIpc) is 2.99. The van der Waals surface area contributed by atoms with E-state index >= 15 is 0 Å². The van der Waals surface area contributed by atoms with Gasteiger partial charge in [-0.25, -0.2) is 0 Å². The summed E-state index contributed by atoms with van der Waals surface area (Å²) in [6.07, 6.45) is -3.59. The number of nitrogens with zero attached hydrogens (tertiary/aromatic N) is 1. The molecule has 0 aromatic heterocycles. The predicted octanol–water partition coefficient (Wildman–Crippen LogP) is 7.93. The number of carbonyl (C=O) groups is 1. The lowest BCUT2D eigenvalue weighted by Crippen LogP contribution is -2.42. The van der Waals surface area contributed by atoms with Gasteiger partial charge >= 0.3 is 6.18 Å². The van der Waals surface area contributed by atoms with Crippen LogP contribution in [-0.2, 0) is 22.8 Å². The minimum atomic E-state index is -4.55. The van der Waals surface area contributed by atoms with E-state index in [4.69, 9.17) is 16.3 Å². The van der Waals surface area contributed by atoms with Gasteiger partial charge in [-0.05, 0) is 54.3 Å². The first-order chi connectivity index (χ1) is 20.1. The van der Waals surface area contributed by atoms with Crippen LogP contribution < -0.4 is 15.0 Å². The first-order valence-corrected chi connectivity index (χ1v) is 14.1. The number of ether oxygens (including phenoxy) is 1. The Morgan fingerprint density at radius 2 is 1.50 bits per heavy atom. The monoisotopic (exact) mass is 594 g/mol. The van der Waals surface area contributed by atoms with Crippen LogP contribution in [0.1, 0.15) is 35.6 Å². The van der Waals surface area contributed by atoms with Crippen LogP contribution in [0.4, 0.5) is 18.9 Å². The van der Waals surface area contributed by atoms with Gasteiger partial charge in [0.15, 0.2) is 0 Å². The fraction of sp³-hybridized carbons (Fsp3) is 0.265. The number of hydrogen-bond donors (Lipinski definition) is 1. The zero-order valence-electron chi connectivity index (χ0n) is 23.6. The number of anilines is 1. The number of benzene rings is 4. The average molecular weight is 595 g/mol. The van der Waals surface area contributed by atoms with Gasteiger partial charge in [-0.15, -0.1) is 0 Å². The van der Waals surface area contributed by atoms with Gasteiger partial charge in [-0.3, -0.25) is 4.79 Å². The lowest BCUT2D eigenvalue weighted by atomic mass is 9.70. The number of alkyl halides is 3. The molecule has 0 bridgehead atoms. The van der Waals surface area contributed by atoms with E-state index in [1.807, 2.05) is 84.9 Å². The Morgan fingerprint density at radius 3 is 2.10 bits per heavy atom. The molecule has 0 fully saturated rings. The maximum atomic E-state index is 13.7. The molecular formula is C34H34ClF3N2O2. The summed E-state index contributed by atoms with van der Waals surface area (Å²) < 4.78 is 47.1. The van der Waals surface area contributed by atoms with Gasteiger partial charge in [0.05, 0.1) is 17.2 Å². The summed E-state index contributed by atoms with van der Waals surface area (Å²) in [4.78, 5) is 13.2. The quantitative estimate of drug-likeness (QED) is 0.169. The van der Waals surface area contributed by atoms with Crippen LogP contribution in [0.25, 0.3) is 0 Å². The predicted molar refractivity (Wildman–Crippen MR) is 162 cm³/mol. The summed E-state index contributed by atoms with van der Waals surface area (Å²) in [6, 6.07) is 31.1. The van der Waals surface area contributed by atoms with E-state index in [-0.39, 0.29) is 17.4 Å². The molecule has 0 aliphatic rings. The van der Waals surface area contributed by atoms with E-state index < -0.39 is 17.2 Å². The number of rotatable bonds is 12. The van der Waals surface area contributed by atoms with Crippen LogP contribution >= 0.6 is 11.6 Å². The van der Waals surface area contributed by atoms with Crippen molar-refractivity contribution in [3.63, 3.8) is 0 Å². The Bertz CT molecular complexity index is 1420. The Labute approximate surface area is 250 Å². The summed E-state index contributed by atoms with van der Waals surface area (Å²) >= 11 is 6.40. The highest BCUT2D eigenvalue weighted by atomic mass is 35.5. The smallest absolute Gasteiger partial charge is 0.417 e. The number of carbonyl (C=O) groups excluding carboxylic acids is 1. The van der Waals surface area contributed by atoms with Gasteiger partial charge in [-0.1, -0.05) is 90.5 Å². The number of amides is 1. The van der Waals surface area contributed by atoms with Gasteiger partial charge in [0.2, 0.25) is 5.91 Å². The molecule has 42 heavy (non-hydrogen) atoms. The lowest BCUT2D eigenvalue weighted by Gasteiger charge is -2.36. The molecule has 1 amide bonds. The largest absolute Gasteiger partial charge is 0.493 e. The molecule has 0 saturated heterocycles. The molecule has 0 radical (unpaired) electrons. The first-order valence-electron chi connectivity index (χ1n) is 13.8. The maximum Gasteiger partial charge on any atom is 0.417 e.